The Morgan fingerprint density at radius 1 is 0.732 bits per heavy atom. The van der Waals surface area contributed by atoms with Crippen LogP contribution in [0, 0.1) is 0 Å². The van der Waals surface area contributed by atoms with Gasteiger partial charge in [-0.25, -0.2) is 4.98 Å². The number of amides is 1. The van der Waals surface area contributed by atoms with Crippen LogP contribution in [0.3, 0.4) is 0 Å². The van der Waals surface area contributed by atoms with Crippen molar-refractivity contribution in [2.75, 3.05) is 63.9 Å². The molecule has 2 fully saturated rings. The monoisotopic (exact) mass is 546 g/mol. The number of hydrogen-bond acceptors (Lipinski definition) is 5. The van der Waals surface area contributed by atoms with Crippen LogP contribution in [0.5, 0.6) is 0 Å². The molecule has 2 saturated heterocycles. The number of ether oxygens (including phenoxy) is 1. The first-order valence-corrected chi connectivity index (χ1v) is 15.1. The summed E-state index contributed by atoms with van der Waals surface area (Å²) in [6.07, 6.45) is 2.92. The molecular formula is C35H38N4O2. The Balaban J connectivity index is 1.03. The number of benzene rings is 3. The van der Waals surface area contributed by atoms with Crippen LogP contribution < -0.4 is 4.90 Å². The number of rotatable bonds is 7. The standard InChI is InChI=1S/C35H38N4O2/c40-34(39-23-25-41-26-24-39)35(30-12-4-2-10-28(30)29-11-3-5-13-31(29)35)17-7-8-18-37-19-21-38(22-20-37)33-16-15-27-9-1-6-14-32(27)36-33/h1-6,9-16H,7-8,17-26H2. The first-order chi connectivity index (χ1) is 20.2. The highest BCUT2D eigenvalue weighted by molar-refractivity contribution is 6.00. The Kier molecular flexibility index (Phi) is 7.19. The van der Waals surface area contributed by atoms with Crippen molar-refractivity contribution in [2.24, 2.45) is 0 Å². The number of piperazine rings is 1. The fourth-order valence-electron chi connectivity index (χ4n) is 7.13. The summed E-state index contributed by atoms with van der Waals surface area (Å²) < 4.78 is 5.60. The van der Waals surface area contributed by atoms with Crippen molar-refractivity contribution < 1.29 is 9.53 Å². The highest BCUT2D eigenvalue weighted by Crippen LogP contribution is 2.52. The van der Waals surface area contributed by atoms with Crippen molar-refractivity contribution in [3.63, 3.8) is 0 Å². The Morgan fingerprint density at radius 2 is 1.39 bits per heavy atom. The van der Waals surface area contributed by atoms with Gasteiger partial charge in [0.25, 0.3) is 0 Å². The van der Waals surface area contributed by atoms with Crippen LogP contribution in [-0.4, -0.2) is 79.7 Å². The molecule has 1 aliphatic carbocycles. The van der Waals surface area contributed by atoms with Gasteiger partial charge in [0.2, 0.25) is 5.91 Å². The van der Waals surface area contributed by atoms with Crippen molar-refractivity contribution >= 4 is 22.6 Å². The smallest absolute Gasteiger partial charge is 0.237 e. The van der Waals surface area contributed by atoms with Crippen LogP contribution in [0.1, 0.15) is 30.4 Å². The number of hydrogen-bond donors (Lipinski definition) is 0. The maximum Gasteiger partial charge on any atom is 0.237 e. The van der Waals surface area contributed by atoms with Gasteiger partial charge in [0.05, 0.1) is 18.7 Å². The average Bonchev–Trinajstić information content (AvgIpc) is 3.34. The molecule has 3 aromatic carbocycles. The SMILES string of the molecule is O=C(N1CCOCC1)C1(CCCCN2CCN(c3ccc4ccccc4n3)CC2)c2ccccc2-c2ccccc21. The number of nitrogens with zero attached hydrogens (tertiary/aromatic N) is 4. The molecule has 1 amide bonds. The van der Waals surface area contributed by atoms with Gasteiger partial charge >= 0.3 is 0 Å². The number of para-hydroxylation sites is 1. The number of pyridine rings is 1. The van der Waals surface area contributed by atoms with Crippen molar-refractivity contribution in [3.8, 4) is 11.1 Å². The number of carbonyl (C=O) groups excluding carboxylic acids is 1. The molecule has 0 bridgehead atoms. The van der Waals surface area contributed by atoms with Gasteiger partial charge in [0.1, 0.15) is 11.2 Å². The summed E-state index contributed by atoms with van der Waals surface area (Å²) in [5.74, 6) is 1.32. The van der Waals surface area contributed by atoms with Crippen molar-refractivity contribution in [1.82, 2.24) is 14.8 Å². The van der Waals surface area contributed by atoms with E-state index in [0.717, 1.165) is 63.3 Å². The van der Waals surface area contributed by atoms with E-state index < -0.39 is 5.41 Å². The lowest BCUT2D eigenvalue weighted by atomic mass is 9.73. The molecular weight excluding hydrogens is 508 g/mol. The molecule has 0 unspecified atom stereocenters. The van der Waals surface area contributed by atoms with Gasteiger partial charge in [-0.3, -0.25) is 9.69 Å². The quantitative estimate of drug-likeness (QED) is 0.293. The summed E-state index contributed by atoms with van der Waals surface area (Å²) in [6, 6.07) is 29.8. The number of unbranched alkanes of at least 4 members (excludes halogenated alkanes) is 1. The Hall–Kier alpha value is -3.74. The minimum absolute atomic E-state index is 0.245. The molecule has 210 valence electrons. The molecule has 0 saturated carbocycles. The molecule has 6 heteroatoms. The van der Waals surface area contributed by atoms with Gasteiger partial charge in [-0.2, -0.15) is 0 Å². The maximum atomic E-state index is 14.4. The predicted octanol–water partition coefficient (Wildman–Crippen LogP) is 5.35. The van der Waals surface area contributed by atoms with Crippen LogP contribution in [0.4, 0.5) is 5.82 Å². The fourth-order valence-corrected chi connectivity index (χ4v) is 7.13. The van der Waals surface area contributed by atoms with E-state index in [-0.39, 0.29) is 5.91 Å². The second-order valence-corrected chi connectivity index (χ2v) is 11.5. The van der Waals surface area contributed by atoms with Crippen LogP contribution in [0.15, 0.2) is 84.9 Å². The van der Waals surface area contributed by atoms with Crippen molar-refractivity contribution in [2.45, 2.75) is 24.7 Å². The largest absolute Gasteiger partial charge is 0.378 e. The van der Waals surface area contributed by atoms with Gasteiger partial charge in [0.15, 0.2) is 0 Å². The van der Waals surface area contributed by atoms with E-state index in [1.54, 1.807) is 0 Å². The zero-order valence-corrected chi connectivity index (χ0v) is 23.7. The lowest BCUT2D eigenvalue weighted by Crippen LogP contribution is -2.51. The zero-order valence-electron chi connectivity index (χ0n) is 23.7. The molecule has 4 aromatic rings. The molecule has 0 N–H and O–H groups in total. The van der Waals surface area contributed by atoms with Gasteiger partial charge in [-0.1, -0.05) is 73.2 Å². The van der Waals surface area contributed by atoms with Crippen LogP contribution in [-0.2, 0) is 14.9 Å². The van der Waals surface area contributed by atoms with Gasteiger partial charge in [-0.15, -0.1) is 0 Å². The topological polar surface area (TPSA) is 48.9 Å². The molecule has 41 heavy (non-hydrogen) atoms. The Morgan fingerprint density at radius 3 is 2.12 bits per heavy atom. The Labute approximate surface area is 242 Å². The minimum Gasteiger partial charge on any atom is -0.378 e. The van der Waals surface area contributed by atoms with Gasteiger partial charge in [0, 0.05) is 44.7 Å². The first-order valence-electron chi connectivity index (χ1n) is 15.1. The molecule has 1 aromatic heterocycles. The average molecular weight is 547 g/mol. The number of aromatic nitrogens is 1. The molecule has 7 rings (SSSR count). The summed E-state index contributed by atoms with van der Waals surface area (Å²) in [7, 11) is 0. The summed E-state index contributed by atoms with van der Waals surface area (Å²) >= 11 is 0. The minimum atomic E-state index is -0.620. The molecule has 3 heterocycles. The van der Waals surface area contributed by atoms with E-state index in [4.69, 9.17) is 9.72 Å². The number of fused-ring (bicyclic) bond motifs is 4. The molecule has 2 aliphatic heterocycles. The second-order valence-electron chi connectivity index (χ2n) is 11.5. The van der Waals surface area contributed by atoms with E-state index in [1.165, 1.54) is 27.6 Å². The lowest BCUT2D eigenvalue weighted by Gasteiger charge is -2.38. The third kappa shape index (κ3) is 4.79. The van der Waals surface area contributed by atoms with Crippen LogP contribution in [0.25, 0.3) is 22.0 Å². The van der Waals surface area contributed by atoms with E-state index >= 15 is 0 Å². The molecule has 0 radical (unpaired) electrons. The number of anilines is 1. The lowest BCUT2D eigenvalue weighted by molar-refractivity contribution is -0.140. The highest BCUT2D eigenvalue weighted by atomic mass is 16.5. The van der Waals surface area contributed by atoms with E-state index in [0.29, 0.717) is 26.3 Å². The summed E-state index contributed by atoms with van der Waals surface area (Å²) in [4.78, 5) is 26.4. The van der Waals surface area contributed by atoms with Gasteiger partial charge < -0.3 is 14.5 Å². The predicted molar refractivity (Wildman–Crippen MR) is 164 cm³/mol. The van der Waals surface area contributed by atoms with E-state index in [1.807, 2.05) is 4.90 Å². The Bertz CT molecular complexity index is 1490. The summed E-state index contributed by atoms with van der Waals surface area (Å²) in [5, 5.41) is 1.19. The third-order valence-electron chi connectivity index (χ3n) is 9.28. The van der Waals surface area contributed by atoms with Crippen molar-refractivity contribution in [3.05, 3.63) is 96.1 Å². The molecule has 0 atom stereocenters. The van der Waals surface area contributed by atoms with E-state index in [2.05, 4.69) is 94.7 Å². The molecule has 0 spiro atoms. The normalized spacial score (nSPS) is 18.3. The molecule has 6 nitrogen and oxygen atoms in total. The highest BCUT2D eigenvalue weighted by Gasteiger charge is 2.50. The number of carbonyl (C=O) groups is 1. The van der Waals surface area contributed by atoms with Gasteiger partial charge in [-0.05, 0) is 59.8 Å². The van der Waals surface area contributed by atoms with Crippen LogP contribution in [0.2, 0.25) is 0 Å². The maximum absolute atomic E-state index is 14.4. The van der Waals surface area contributed by atoms with Crippen LogP contribution >= 0.6 is 0 Å². The molecule has 3 aliphatic rings. The summed E-state index contributed by atoms with van der Waals surface area (Å²) in [6.45, 7) is 7.69. The fraction of sp³-hybridized carbons (Fsp3) is 0.371. The third-order valence-corrected chi connectivity index (χ3v) is 9.28. The number of morpholine rings is 1. The zero-order chi connectivity index (χ0) is 27.6. The van der Waals surface area contributed by atoms with E-state index in [9.17, 15) is 4.79 Å². The summed E-state index contributed by atoms with van der Waals surface area (Å²) in [5.41, 5.74) is 5.21. The first kappa shape index (κ1) is 26.2. The van der Waals surface area contributed by atoms with Crippen molar-refractivity contribution in [1.29, 1.82) is 0 Å². The second kappa shape index (κ2) is 11.3.